The zero-order valence-electron chi connectivity index (χ0n) is 8.18. The minimum absolute atomic E-state index is 0.286. The minimum atomic E-state index is 0.286. The van der Waals surface area contributed by atoms with Gasteiger partial charge in [-0.1, -0.05) is 17.3 Å². The van der Waals surface area contributed by atoms with Crippen LogP contribution in [-0.2, 0) is 13.1 Å². The molecule has 2 N–H and O–H groups in total. The summed E-state index contributed by atoms with van der Waals surface area (Å²) in [5.41, 5.74) is 1.12. The van der Waals surface area contributed by atoms with Crippen molar-refractivity contribution in [2.24, 2.45) is 0 Å². The number of aromatic hydroxyl groups is 1. The molecule has 15 heavy (non-hydrogen) atoms. The first kappa shape index (κ1) is 9.73. The number of phenolic OH excluding ortho intramolecular Hbond substituents is 1. The average molecular weight is 204 g/mol. The molecule has 0 bridgehead atoms. The van der Waals surface area contributed by atoms with Crippen LogP contribution >= 0.6 is 0 Å². The fourth-order valence-electron chi connectivity index (χ4n) is 1.28. The molecule has 0 aliphatic carbocycles. The van der Waals surface area contributed by atoms with Crippen molar-refractivity contribution in [2.75, 3.05) is 0 Å². The first-order valence-corrected chi connectivity index (χ1v) is 4.73. The van der Waals surface area contributed by atoms with Crippen LogP contribution in [0, 0.1) is 0 Å². The van der Waals surface area contributed by atoms with Gasteiger partial charge in [0.1, 0.15) is 11.5 Å². The number of nitrogens with zero attached hydrogens (tertiary/aromatic N) is 1. The molecule has 0 fully saturated rings. The van der Waals surface area contributed by atoms with Gasteiger partial charge in [0.15, 0.2) is 0 Å². The maximum atomic E-state index is 9.09. The molecule has 4 heteroatoms. The van der Waals surface area contributed by atoms with Crippen molar-refractivity contribution < 1.29 is 9.63 Å². The lowest BCUT2D eigenvalue weighted by atomic mass is 10.2. The third kappa shape index (κ3) is 2.82. The first-order chi connectivity index (χ1) is 7.34. The van der Waals surface area contributed by atoms with Crippen molar-refractivity contribution >= 4 is 0 Å². The van der Waals surface area contributed by atoms with E-state index < -0.39 is 0 Å². The lowest BCUT2D eigenvalue weighted by Gasteiger charge is -2.02. The molecule has 1 heterocycles. The molecule has 0 amide bonds. The molecule has 0 unspecified atom stereocenters. The molecule has 2 rings (SSSR count). The van der Waals surface area contributed by atoms with Crippen LogP contribution < -0.4 is 5.32 Å². The lowest BCUT2D eigenvalue weighted by Crippen LogP contribution is -2.11. The predicted octanol–water partition coefficient (Wildman–Crippen LogP) is 1.67. The van der Waals surface area contributed by atoms with Crippen molar-refractivity contribution in [3.63, 3.8) is 0 Å². The topological polar surface area (TPSA) is 58.3 Å². The number of phenols is 1. The van der Waals surface area contributed by atoms with Crippen molar-refractivity contribution in [1.82, 2.24) is 10.5 Å². The summed E-state index contributed by atoms with van der Waals surface area (Å²) in [5, 5.41) is 15.9. The van der Waals surface area contributed by atoms with Gasteiger partial charge >= 0.3 is 0 Å². The van der Waals surface area contributed by atoms with E-state index >= 15 is 0 Å². The van der Waals surface area contributed by atoms with Gasteiger partial charge < -0.3 is 14.9 Å². The van der Waals surface area contributed by atoms with Crippen molar-refractivity contribution in [3.8, 4) is 5.75 Å². The van der Waals surface area contributed by atoms with Crippen LogP contribution in [0.4, 0.5) is 0 Å². The maximum absolute atomic E-state index is 9.09. The molecule has 0 aliphatic heterocycles. The Balaban J connectivity index is 1.81. The van der Waals surface area contributed by atoms with Gasteiger partial charge in [-0.15, -0.1) is 0 Å². The highest BCUT2D eigenvalue weighted by molar-refractivity contribution is 5.25. The maximum Gasteiger partial charge on any atom is 0.150 e. The highest BCUT2D eigenvalue weighted by Gasteiger charge is 1.96. The molecule has 78 valence electrons. The number of rotatable bonds is 4. The standard InChI is InChI=1S/C11H12N2O2/c14-10-3-1-9(2-4-10)7-12-8-11-5-6-13-15-11/h1-6,12,14H,7-8H2. The molecule has 1 aromatic carbocycles. The third-order valence-electron chi connectivity index (χ3n) is 2.06. The lowest BCUT2D eigenvalue weighted by molar-refractivity contribution is 0.372. The van der Waals surface area contributed by atoms with Crippen LogP contribution in [0.1, 0.15) is 11.3 Å². The zero-order valence-corrected chi connectivity index (χ0v) is 8.18. The summed E-state index contributed by atoms with van der Waals surface area (Å²) in [5.74, 6) is 1.10. The molecule has 0 saturated carbocycles. The van der Waals surface area contributed by atoms with E-state index in [2.05, 4.69) is 10.5 Å². The Kier molecular flexibility index (Phi) is 2.99. The summed E-state index contributed by atoms with van der Waals surface area (Å²) in [6, 6.07) is 8.92. The van der Waals surface area contributed by atoms with Gasteiger partial charge in [-0.25, -0.2) is 0 Å². The Hall–Kier alpha value is -1.81. The fourth-order valence-corrected chi connectivity index (χ4v) is 1.28. The number of hydrogen-bond donors (Lipinski definition) is 2. The van der Waals surface area contributed by atoms with E-state index in [1.165, 1.54) is 0 Å². The first-order valence-electron chi connectivity index (χ1n) is 4.73. The summed E-state index contributed by atoms with van der Waals surface area (Å²) in [6.45, 7) is 1.39. The summed E-state index contributed by atoms with van der Waals surface area (Å²) in [7, 11) is 0. The zero-order chi connectivity index (χ0) is 10.5. The van der Waals surface area contributed by atoms with E-state index in [0.717, 1.165) is 17.9 Å². The summed E-state index contributed by atoms with van der Waals surface area (Å²) in [4.78, 5) is 0. The van der Waals surface area contributed by atoms with E-state index in [4.69, 9.17) is 9.63 Å². The molecule has 4 nitrogen and oxygen atoms in total. The van der Waals surface area contributed by atoms with Gasteiger partial charge in [-0.2, -0.15) is 0 Å². The van der Waals surface area contributed by atoms with E-state index in [1.807, 2.05) is 18.2 Å². The number of benzene rings is 1. The Morgan fingerprint density at radius 3 is 2.60 bits per heavy atom. The Labute approximate surface area is 87.5 Å². The SMILES string of the molecule is Oc1ccc(CNCc2ccno2)cc1. The third-order valence-corrected chi connectivity index (χ3v) is 2.06. The number of aromatic nitrogens is 1. The Morgan fingerprint density at radius 2 is 1.93 bits per heavy atom. The summed E-state index contributed by atoms with van der Waals surface area (Å²) < 4.78 is 4.94. The molecular formula is C11H12N2O2. The van der Waals surface area contributed by atoms with Gasteiger partial charge in [-0.05, 0) is 17.7 Å². The van der Waals surface area contributed by atoms with Gasteiger partial charge in [0.05, 0.1) is 12.7 Å². The van der Waals surface area contributed by atoms with Crippen LogP contribution in [0.5, 0.6) is 5.75 Å². The van der Waals surface area contributed by atoms with Gasteiger partial charge in [-0.3, -0.25) is 0 Å². The highest BCUT2D eigenvalue weighted by atomic mass is 16.5. The van der Waals surface area contributed by atoms with Crippen LogP contribution in [-0.4, -0.2) is 10.3 Å². The summed E-state index contributed by atoms with van der Waals surface area (Å²) >= 11 is 0. The molecule has 2 aromatic rings. The average Bonchev–Trinajstić information content (AvgIpc) is 2.74. The molecule has 0 aliphatic rings. The second-order valence-corrected chi connectivity index (χ2v) is 3.25. The Bertz CT molecular complexity index is 395. The largest absolute Gasteiger partial charge is 0.508 e. The van der Waals surface area contributed by atoms with E-state index in [0.29, 0.717) is 6.54 Å². The monoisotopic (exact) mass is 204 g/mol. The van der Waals surface area contributed by atoms with Gasteiger partial charge in [0.25, 0.3) is 0 Å². The molecule has 1 aromatic heterocycles. The van der Waals surface area contributed by atoms with Crippen LogP contribution in [0.25, 0.3) is 0 Å². The molecular weight excluding hydrogens is 192 g/mol. The van der Waals surface area contributed by atoms with Crippen molar-refractivity contribution in [3.05, 3.63) is 47.9 Å². The fraction of sp³-hybridized carbons (Fsp3) is 0.182. The normalized spacial score (nSPS) is 10.4. The summed E-state index contributed by atoms with van der Waals surface area (Å²) in [6.07, 6.45) is 1.62. The molecule has 0 spiro atoms. The van der Waals surface area contributed by atoms with E-state index in [9.17, 15) is 0 Å². The Morgan fingerprint density at radius 1 is 1.13 bits per heavy atom. The number of hydrogen-bond acceptors (Lipinski definition) is 4. The second-order valence-electron chi connectivity index (χ2n) is 3.25. The molecule has 0 saturated heterocycles. The molecule has 0 radical (unpaired) electrons. The van der Waals surface area contributed by atoms with Crippen LogP contribution in [0.3, 0.4) is 0 Å². The second kappa shape index (κ2) is 4.61. The quantitative estimate of drug-likeness (QED) is 0.795. The van der Waals surface area contributed by atoms with Gasteiger partial charge in [0.2, 0.25) is 0 Å². The van der Waals surface area contributed by atoms with Crippen LogP contribution in [0.15, 0.2) is 41.1 Å². The molecule has 0 atom stereocenters. The van der Waals surface area contributed by atoms with Crippen molar-refractivity contribution in [2.45, 2.75) is 13.1 Å². The highest BCUT2D eigenvalue weighted by Crippen LogP contribution is 2.09. The van der Waals surface area contributed by atoms with Gasteiger partial charge in [0, 0.05) is 12.6 Å². The predicted molar refractivity (Wildman–Crippen MR) is 55.2 cm³/mol. The smallest absolute Gasteiger partial charge is 0.150 e. The van der Waals surface area contributed by atoms with E-state index in [-0.39, 0.29) is 5.75 Å². The van der Waals surface area contributed by atoms with E-state index in [1.54, 1.807) is 18.3 Å². The number of nitrogens with one attached hydrogen (secondary N) is 1. The van der Waals surface area contributed by atoms with Crippen LogP contribution in [0.2, 0.25) is 0 Å². The van der Waals surface area contributed by atoms with Crippen molar-refractivity contribution in [1.29, 1.82) is 0 Å². The minimum Gasteiger partial charge on any atom is -0.508 e.